The summed E-state index contributed by atoms with van der Waals surface area (Å²) in [5, 5.41) is 2.84. The maximum absolute atomic E-state index is 13.0. The second-order valence-corrected chi connectivity index (χ2v) is 11.7. The molecule has 1 atom stereocenters. The number of nitrogens with one attached hydrogen (secondary N) is 2. The largest absolute Gasteiger partial charge is 0.324 e. The van der Waals surface area contributed by atoms with Crippen molar-refractivity contribution in [3.8, 4) is 0 Å². The first-order chi connectivity index (χ1) is 13.7. The maximum atomic E-state index is 13.0. The van der Waals surface area contributed by atoms with Crippen LogP contribution in [0.4, 0.5) is 5.69 Å². The summed E-state index contributed by atoms with van der Waals surface area (Å²) in [7, 11) is -3.84. The molecule has 1 aromatic heterocycles. The zero-order valence-electron chi connectivity index (χ0n) is 15.4. The van der Waals surface area contributed by atoms with Crippen LogP contribution >= 0.6 is 43.2 Å². The number of rotatable bonds is 7. The van der Waals surface area contributed by atoms with Gasteiger partial charge in [-0.3, -0.25) is 4.79 Å². The van der Waals surface area contributed by atoms with Gasteiger partial charge in [0.2, 0.25) is 5.91 Å². The topological polar surface area (TPSA) is 75.3 Å². The molecule has 1 unspecified atom stereocenters. The van der Waals surface area contributed by atoms with Gasteiger partial charge in [-0.25, -0.2) is 8.42 Å². The highest BCUT2D eigenvalue weighted by molar-refractivity contribution is 9.11. The molecule has 0 bridgehead atoms. The van der Waals surface area contributed by atoms with Gasteiger partial charge in [-0.15, -0.1) is 11.3 Å². The summed E-state index contributed by atoms with van der Waals surface area (Å²) in [4.78, 5) is 13.0. The lowest BCUT2D eigenvalue weighted by molar-refractivity contribution is -0.117. The summed E-state index contributed by atoms with van der Waals surface area (Å²) in [6, 6.07) is 17.0. The van der Waals surface area contributed by atoms with Gasteiger partial charge in [0.25, 0.3) is 10.0 Å². The highest BCUT2D eigenvalue weighted by Gasteiger charge is 2.27. The molecule has 0 radical (unpaired) electrons. The predicted octanol–water partition coefficient (Wildman–Crippen LogP) is 5.11. The first-order valence-electron chi connectivity index (χ1n) is 8.63. The fraction of sp³-hybridized carbons (Fsp3) is 0.150. The second kappa shape index (κ2) is 9.53. The molecule has 2 N–H and O–H groups in total. The molecule has 3 rings (SSSR count). The standard InChI is InChI=1S/C20H18Br2N2O3S2/c1-13-11-15(21)7-8-16(13)23-20(25)17(12-14-5-3-2-4-6-14)24-29(26,27)19-10-9-18(22)28-19/h2-11,17,24H,12H2,1H3,(H,23,25). The molecule has 1 heterocycles. The Morgan fingerprint density at radius 3 is 2.41 bits per heavy atom. The zero-order valence-corrected chi connectivity index (χ0v) is 20.2. The summed E-state index contributed by atoms with van der Waals surface area (Å²) in [6.45, 7) is 1.87. The molecule has 9 heteroatoms. The second-order valence-electron chi connectivity index (χ2n) is 6.37. The number of benzene rings is 2. The number of sulfonamides is 1. The molecule has 0 aliphatic carbocycles. The van der Waals surface area contributed by atoms with Crippen molar-refractivity contribution in [3.63, 3.8) is 0 Å². The van der Waals surface area contributed by atoms with Crippen molar-refractivity contribution in [2.75, 3.05) is 5.32 Å². The number of thiophene rings is 1. The van der Waals surface area contributed by atoms with Crippen LogP contribution in [0.25, 0.3) is 0 Å². The van der Waals surface area contributed by atoms with Crippen molar-refractivity contribution in [1.82, 2.24) is 4.72 Å². The van der Waals surface area contributed by atoms with Gasteiger partial charge in [0.1, 0.15) is 10.3 Å². The molecule has 0 saturated carbocycles. The maximum Gasteiger partial charge on any atom is 0.250 e. The summed E-state index contributed by atoms with van der Waals surface area (Å²) >= 11 is 7.76. The predicted molar refractivity (Wildman–Crippen MR) is 124 cm³/mol. The lowest BCUT2D eigenvalue weighted by Gasteiger charge is -2.19. The number of aryl methyl sites for hydroxylation is 1. The SMILES string of the molecule is Cc1cc(Br)ccc1NC(=O)C(Cc1ccccc1)NS(=O)(=O)c1ccc(Br)s1. The molecule has 1 amide bonds. The van der Waals surface area contributed by atoms with Gasteiger partial charge >= 0.3 is 0 Å². The summed E-state index contributed by atoms with van der Waals surface area (Å²) in [5.41, 5.74) is 2.36. The highest BCUT2D eigenvalue weighted by Crippen LogP contribution is 2.26. The van der Waals surface area contributed by atoms with Gasteiger partial charge in [0, 0.05) is 10.2 Å². The Hall–Kier alpha value is -1.52. The highest BCUT2D eigenvalue weighted by atomic mass is 79.9. The molecule has 0 aliphatic heterocycles. The minimum absolute atomic E-state index is 0.148. The molecule has 5 nitrogen and oxygen atoms in total. The summed E-state index contributed by atoms with van der Waals surface area (Å²) < 4.78 is 29.9. The zero-order chi connectivity index (χ0) is 21.0. The fourth-order valence-corrected chi connectivity index (χ4v) is 6.41. The van der Waals surface area contributed by atoms with E-state index in [1.165, 1.54) is 6.07 Å². The molecule has 152 valence electrons. The van der Waals surface area contributed by atoms with Crippen LogP contribution < -0.4 is 10.0 Å². The van der Waals surface area contributed by atoms with E-state index in [4.69, 9.17) is 0 Å². The van der Waals surface area contributed by atoms with E-state index in [1.807, 2.05) is 49.4 Å². The van der Waals surface area contributed by atoms with E-state index in [-0.39, 0.29) is 10.6 Å². The molecular weight excluding hydrogens is 540 g/mol. The van der Waals surface area contributed by atoms with E-state index < -0.39 is 22.0 Å². The first-order valence-corrected chi connectivity index (χ1v) is 12.5. The number of carbonyl (C=O) groups is 1. The number of hydrogen-bond donors (Lipinski definition) is 2. The van der Waals surface area contributed by atoms with Crippen molar-refractivity contribution in [3.05, 3.63) is 80.0 Å². The number of amides is 1. The monoisotopic (exact) mass is 556 g/mol. The Balaban J connectivity index is 1.86. The van der Waals surface area contributed by atoms with E-state index in [9.17, 15) is 13.2 Å². The van der Waals surface area contributed by atoms with E-state index in [0.717, 1.165) is 26.9 Å². The third kappa shape index (κ3) is 5.99. The first kappa shape index (κ1) is 22.2. The molecule has 29 heavy (non-hydrogen) atoms. The quantitative estimate of drug-likeness (QED) is 0.424. The minimum atomic E-state index is -3.84. The number of halogens is 2. The molecule has 0 spiro atoms. The van der Waals surface area contributed by atoms with E-state index >= 15 is 0 Å². The Morgan fingerprint density at radius 2 is 1.79 bits per heavy atom. The van der Waals surface area contributed by atoms with E-state index in [0.29, 0.717) is 9.47 Å². The van der Waals surface area contributed by atoms with Crippen LogP contribution in [0.5, 0.6) is 0 Å². The minimum Gasteiger partial charge on any atom is -0.324 e. The lowest BCUT2D eigenvalue weighted by Crippen LogP contribution is -2.45. The van der Waals surface area contributed by atoms with Crippen molar-refractivity contribution in [2.45, 2.75) is 23.6 Å². The average molecular weight is 558 g/mol. The normalized spacial score (nSPS) is 12.5. The Morgan fingerprint density at radius 1 is 1.07 bits per heavy atom. The van der Waals surface area contributed by atoms with Gasteiger partial charge in [0.05, 0.1) is 3.79 Å². The van der Waals surface area contributed by atoms with Gasteiger partial charge in [-0.1, -0.05) is 46.3 Å². The molecule has 0 aliphatic rings. The van der Waals surface area contributed by atoms with Crippen LogP contribution in [0.3, 0.4) is 0 Å². The number of anilines is 1. The Labute approximate surface area is 190 Å². The van der Waals surface area contributed by atoms with Crippen LogP contribution in [0.2, 0.25) is 0 Å². The van der Waals surface area contributed by atoms with Crippen LogP contribution in [-0.2, 0) is 21.2 Å². The van der Waals surface area contributed by atoms with Crippen molar-refractivity contribution >= 4 is 64.8 Å². The molecular formula is C20H18Br2N2O3S2. The lowest BCUT2D eigenvalue weighted by atomic mass is 10.1. The molecule has 3 aromatic rings. The van der Waals surface area contributed by atoms with Crippen molar-refractivity contribution in [2.24, 2.45) is 0 Å². The van der Waals surface area contributed by atoms with Crippen LogP contribution in [0.15, 0.2) is 73.1 Å². The Kier molecular flexibility index (Phi) is 7.28. The van der Waals surface area contributed by atoms with Crippen LogP contribution in [0, 0.1) is 6.92 Å². The summed E-state index contributed by atoms with van der Waals surface area (Å²) in [5.74, 6) is -0.418. The van der Waals surface area contributed by atoms with Gasteiger partial charge < -0.3 is 5.32 Å². The van der Waals surface area contributed by atoms with Crippen molar-refractivity contribution < 1.29 is 13.2 Å². The third-order valence-corrected chi connectivity index (χ3v) is 8.24. The van der Waals surface area contributed by atoms with Gasteiger partial charge in [-0.2, -0.15) is 4.72 Å². The smallest absolute Gasteiger partial charge is 0.250 e. The van der Waals surface area contributed by atoms with E-state index in [2.05, 4.69) is 41.9 Å². The molecule has 0 fully saturated rings. The molecule has 2 aromatic carbocycles. The van der Waals surface area contributed by atoms with Crippen LogP contribution in [-0.4, -0.2) is 20.4 Å². The van der Waals surface area contributed by atoms with E-state index in [1.54, 1.807) is 12.1 Å². The average Bonchev–Trinajstić information content (AvgIpc) is 3.11. The van der Waals surface area contributed by atoms with Gasteiger partial charge in [-0.05, 0) is 70.7 Å². The fourth-order valence-electron chi connectivity index (χ4n) is 2.71. The third-order valence-electron chi connectivity index (χ3n) is 4.16. The van der Waals surface area contributed by atoms with Gasteiger partial charge in [0.15, 0.2) is 0 Å². The molecule has 0 saturated heterocycles. The number of hydrogen-bond acceptors (Lipinski definition) is 4. The summed E-state index contributed by atoms with van der Waals surface area (Å²) in [6.07, 6.45) is 0.230. The van der Waals surface area contributed by atoms with Crippen molar-refractivity contribution in [1.29, 1.82) is 0 Å². The number of carbonyl (C=O) groups excluding carboxylic acids is 1. The Bertz CT molecular complexity index is 1120. The van der Waals surface area contributed by atoms with Crippen LogP contribution in [0.1, 0.15) is 11.1 Å².